The standard InChI is InChI=1S/C12H9ClOS2/c13-9-1-3-10(4-2-9)15-8-12-6-5-11(7-14)16-12/h1-7H,8H2. The molecule has 1 nitrogen and oxygen atoms in total. The molecule has 0 saturated heterocycles. The smallest absolute Gasteiger partial charge is 0.160 e. The van der Waals surface area contributed by atoms with Gasteiger partial charge in [0.15, 0.2) is 6.29 Å². The lowest BCUT2D eigenvalue weighted by Crippen LogP contribution is -1.74. The van der Waals surface area contributed by atoms with Crippen LogP contribution in [-0.2, 0) is 5.75 Å². The van der Waals surface area contributed by atoms with Crippen LogP contribution in [0.5, 0.6) is 0 Å². The van der Waals surface area contributed by atoms with Crippen LogP contribution >= 0.6 is 34.7 Å². The van der Waals surface area contributed by atoms with Gasteiger partial charge in [0, 0.05) is 20.5 Å². The first-order valence-corrected chi connectivity index (χ1v) is 6.88. The molecule has 2 rings (SSSR count). The molecule has 0 N–H and O–H groups in total. The van der Waals surface area contributed by atoms with Crippen molar-refractivity contribution in [2.24, 2.45) is 0 Å². The molecule has 16 heavy (non-hydrogen) atoms. The van der Waals surface area contributed by atoms with E-state index in [4.69, 9.17) is 11.6 Å². The normalized spacial score (nSPS) is 10.3. The summed E-state index contributed by atoms with van der Waals surface area (Å²) < 4.78 is 0. The first-order valence-electron chi connectivity index (χ1n) is 4.70. The van der Waals surface area contributed by atoms with Gasteiger partial charge in [-0.2, -0.15) is 0 Å². The average molecular weight is 269 g/mol. The largest absolute Gasteiger partial charge is 0.297 e. The van der Waals surface area contributed by atoms with Crippen molar-refractivity contribution in [3.05, 3.63) is 51.2 Å². The second-order valence-corrected chi connectivity index (χ2v) is 5.85. The van der Waals surface area contributed by atoms with Crippen LogP contribution in [0.2, 0.25) is 5.02 Å². The summed E-state index contributed by atoms with van der Waals surface area (Å²) in [5.41, 5.74) is 0. The van der Waals surface area contributed by atoms with Gasteiger partial charge in [-0.05, 0) is 36.4 Å². The molecule has 0 aliphatic heterocycles. The lowest BCUT2D eigenvalue weighted by Gasteiger charge is -1.99. The van der Waals surface area contributed by atoms with E-state index in [9.17, 15) is 4.79 Å². The molecular formula is C12H9ClOS2. The highest BCUT2D eigenvalue weighted by Crippen LogP contribution is 2.27. The zero-order valence-corrected chi connectivity index (χ0v) is 10.7. The van der Waals surface area contributed by atoms with Gasteiger partial charge in [0.05, 0.1) is 4.88 Å². The van der Waals surface area contributed by atoms with E-state index in [1.54, 1.807) is 23.1 Å². The van der Waals surface area contributed by atoms with Gasteiger partial charge < -0.3 is 0 Å². The molecular weight excluding hydrogens is 260 g/mol. The number of hydrogen-bond donors (Lipinski definition) is 0. The number of hydrogen-bond acceptors (Lipinski definition) is 3. The second-order valence-electron chi connectivity index (χ2n) is 3.16. The van der Waals surface area contributed by atoms with Crippen LogP contribution in [0.1, 0.15) is 14.5 Å². The van der Waals surface area contributed by atoms with Crippen molar-refractivity contribution < 1.29 is 4.79 Å². The Bertz CT molecular complexity index is 476. The molecule has 1 aromatic heterocycles. The Morgan fingerprint density at radius 2 is 1.94 bits per heavy atom. The zero-order valence-electron chi connectivity index (χ0n) is 8.35. The van der Waals surface area contributed by atoms with Crippen molar-refractivity contribution in [1.82, 2.24) is 0 Å². The molecule has 0 bridgehead atoms. The SMILES string of the molecule is O=Cc1ccc(CSc2ccc(Cl)cc2)s1. The number of benzene rings is 1. The summed E-state index contributed by atoms with van der Waals surface area (Å²) in [6.45, 7) is 0. The van der Waals surface area contributed by atoms with Crippen molar-refractivity contribution in [3.8, 4) is 0 Å². The van der Waals surface area contributed by atoms with Crippen LogP contribution in [0.3, 0.4) is 0 Å². The Kier molecular flexibility index (Phi) is 4.04. The van der Waals surface area contributed by atoms with Crippen LogP contribution in [-0.4, -0.2) is 6.29 Å². The van der Waals surface area contributed by atoms with Crippen LogP contribution in [0, 0.1) is 0 Å². The van der Waals surface area contributed by atoms with Gasteiger partial charge in [-0.15, -0.1) is 23.1 Å². The summed E-state index contributed by atoms with van der Waals surface area (Å²) in [5.74, 6) is 0.889. The van der Waals surface area contributed by atoms with Gasteiger partial charge in [-0.3, -0.25) is 4.79 Å². The highest BCUT2D eigenvalue weighted by Gasteiger charge is 2.00. The third kappa shape index (κ3) is 3.11. The van der Waals surface area contributed by atoms with E-state index in [1.807, 2.05) is 36.4 Å². The summed E-state index contributed by atoms with van der Waals surface area (Å²) in [6.07, 6.45) is 0.890. The summed E-state index contributed by atoms with van der Waals surface area (Å²) in [6, 6.07) is 11.6. The number of carbonyl (C=O) groups excluding carboxylic acids is 1. The number of rotatable bonds is 4. The number of thiophene rings is 1. The molecule has 0 amide bonds. The topological polar surface area (TPSA) is 17.1 Å². The molecule has 0 radical (unpaired) electrons. The fraction of sp³-hybridized carbons (Fsp3) is 0.0833. The maximum atomic E-state index is 10.5. The van der Waals surface area contributed by atoms with Gasteiger partial charge >= 0.3 is 0 Å². The highest BCUT2D eigenvalue weighted by atomic mass is 35.5. The van der Waals surface area contributed by atoms with Crippen molar-refractivity contribution in [2.75, 3.05) is 0 Å². The van der Waals surface area contributed by atoms with Crippen molar-refractivity contribution in [1.29, 1.82) is 0 Å². The molecule has 0 aliphatic carbocycles. The van der Waals surface area contributed by atoms with E-state index in [0.29, 0.717) is 0 Å². The first-order chi connectivity index (χ1) is 7.78. The second kappa shape index (κ2) is 5.53. The maximum absolute atomic E-state index is 10.5. The molecule has 2 aromatic rings. The zero-order chi connectivity index (χ0) is 11.4. The summed E-state index contributed by atoms with van der Waals surface area (Å²) in [5, 5.41) is 0.753. The fourth-order valence-corrected chi connectivity index (χ4v) is 3.12. The van der Waals surface area contributed by atoms with Gasteiger partial charge in [0.1, 0.15) is 0 Å². The van der Waals surface area contributed by atoms with Crippen LogP contribution < -0.4 is 0 Å². The Hall–Kier alpha value is -0.770. The Morgan fingerprint density at radius 1 is 1.19 bits per heavy atom. The van der Waals surface area contributed by atoms with E-state index >= 15 is 0 Å². The average Bonchev–Trinajstić information content (AvgIpc) is 2.76. The third-order valence-electron chi connectivity index (χ3n) is 1.99. The molecule has 1 aromatic carbocycles. The molecule has 4 heteroatoms. The van der Waals surface area contributed by atoms with E-state index in [2.05, 4.69) is 0 Å². The number of thioether (sulfide) groups is 1. The van der Waals surface area contributed by atoms with Crippen molar-refractivity contribution >= 4 is 41.0 Å². The molecule has 0 atom stereocenters. The monoisotopic (exact) mass is 268 g/mol. The molecule has 0 fully saturated rings. The Balaban J connectivity index is 1.96. The predicted octanol–water partition coefficient (Wildman–Crippen LogP) is 4.51. The molecule has 0 saturated carbocycles. The van der Waals surface area contributed by atoms with Gasteiger partial charge in [0.2, 0.25) is 0 Å². The number of carbonyl (C=O) groups is 1. The molecule has 0 unspecified atom stereocenters. The maximum Gasteiger partial charge on any atom is 0.160 e. The number of aldehydes is 1. The molecule has 0 aliphatic rings. The first kappa shape index (κ1) is 11.7. The lowest BCUT2D eigenvalue weighted by atomic mass is 10.4. The fourth-order valence-electron chi connectivity index (χ4n) is 1.22. The highest BCUT2D eigenvalue weighted by molar-refractivity contribution is 7.98. The quantitative estimate of drug-likeness (QED) is 0.600. The van der Waals surface area contributed by atoms with Crippen molar-refractivity contribution in [3.63, 3.8) is 0 Å². The minimum absolute atomic E-state index is 0.753. The van der Waals surface area contributed by atoms with E-state index in [-0.39, 0.29) is 0 Å². The van der Waals surface area contributed by atoms with Crippen LogP contribution in [0.15, 0.2) is 41.3 Å². The summed E-state index contributed by atoms with van der Waals surface area (Å²) in [7, 11) is 0. The molecule has 1 heterocycles. The minimum Gasteiger partial charge on any atom is -0.297 e. The van der Waals surface area contributed by atoms with Crippen LogP contribution in [0.4, 0.5) is 0 Å². The predicted molar refractivity (Wildman–Crippen MR) is 70.7 cm³/mol. The van der Waals surface area contributed by atoms with E-state index in [1.165, 1.54) is 9.77 Å². The summed E-state index contributed by atoms with van der Waals surface area (Å²) in [4.78, 5) is 13.7. The van der Waals surface area contributed by atoms with Crippen molar-refractivity contribution in [2.45, 2.75) is 10.6 Å². The number of halogens is 1. The summed E-state index contributed by atoms with van der Waals surface area (Å²) >= 11 is 9.09. The van der Waals surface area contributed by atoms with Gasteiger partial charge in [0.25, 0.3) is 0 Å². The molecule has 82 valence electrons. The Morgan fingerprint density at radius 3 is 2.56 bits per heavy atom. The van der Waals surface area contributed by atoms with E-state index < -0.39 is 0 Å². The Labute approximate surface area is 107 Å². The molecule has 0 spiro atoms. The third-order valence-corrected chi connectivity index (χ3v) is 4.50. The van der Waals surface area contributed by atoms with Crippen LogP contribution in [0.25, 0.3) is 0 Å². The minimum atomic E-state index is 0.753. The lowest BCUT2D eigenvalue weighted by molar-refractivity contribution is 0.112. The van der Waals surface area contributed by atoms with Gasteiger partial charge in [-0.1, -0.05) is 11.6 Å². The van der Waals surface area contributed by atoms with E-state index in [0.717, 1.165) is 21.9 Å². The van der Waals surface area contributed by atoms with Gasteiger partial charge in [-0.25, -0.2) is 0 Å².